The summed E-state index contributed by atoms with van der Waals surface area (Å²) in [7, 11) is 0. The van der Waals surface area contributed by atoms with Gasteiger partial charge >= 0.3 is 6.18 Å². The topological polar surface area (TPSA) is 30.5 Å². The van der Waals surface area contributed by atoms with Gasteiger partial charge in [0.15, 0.2) is 0 Å². The molecule has 0 atom stereocenters. The van der Waals surface area contributed by atoms with Gasteiger partial charge in [-0.3, -0.25) is 0 Å². The largest absolute Gasteiger partial charge is 0.494 e. The van der Waals surface area contributed by atoms with Crippen molar-refractivity contribution in [1.82, 2.24) is 0 Å². The fourth-order valence-corrected chi connectivity index (χ4v) is 1.70. The zero-order chi connectivity index (χ0) is 15.0. The van der Waals surface area contributed by atoms with Crippen LogP contribution < -0.4 is 14.8 Å². The highest BCUT2D eigenvalue weighted by molar-refractivity contribution is 5.59. The van der Waals surface area contributed by atoms with E-state index in [4.69, 9.17) is 9.47 Å². The molecule has 0 aliphatic rings. The molecule has 3 nitrogen and oxygen atoms in total. The lowest BCUT2D eigenvalue weighted by molar-refractivity contribution is -0.134. The SMILES string of the molecule is CCOc1ccc(OCC)c(NCCCC(F)(F)F)c1. The molecule has 6 heteroatoms. The van der Waals surface area contributed by atoms with Gasteiger partial charge in [0.1, 0.15) is 11.5 Å². The first kappa shape index (κ1) is 16.5. The average molecular weight is 291 g/mol. The molecule has 0 saturated heterocycles. The van der Waals surface area contributed by atoms with Crippen molar-refractivity contribution in [2.75, 3.05) is 25.1 Å². The number of anilines is 1. The Hall–Kier alpha value is -1.59. The minimum absolute atomic E-state index is 0.0218. The number of hydrogen-bond acceptors (Lipinski definition) is 3. The maximum atomic E-state index is 12.1. The Morgan fingerprint density at radius 2 is 1.80 bits per heavy atom. The Balaban J connectivity index is 2.62. The average Bonchev–Trinajstić information content (AvgIpc) is 2.37. The van der Waals surface area contributed by atoms with Crippen molar-refractivity contribution in [1.29, 1.82) is 0 Å². The summed E-state index contributed by atoms with van der Waals surface area (Å²) in [5, 5.41) is 2.96. The first-order valence-corrected chi connectivity index (χ1v) is 6.66. The van der Waals surface area contributed by atoms with Gasteiger partial charge in [-0.05, 0) is 32.4 Å². The van der Waals surface area contributed by atoms with Gasteiger partial charge in [0.25, 0.3) is 0 Å². The third kappa shape index (κ3) is 6.04. The monoisotopic (exact) mass is 291 g/mol. The van der Waals surface area contributed by atoms with Crippen molar-refractivity contribution >= 4 is 5.69 Å². The normalized spacial score (nSPS) is 11.2. The number of nitrogens with one attached hydrogen (secondary N) is 1. The molecule has 0 unspecified atom stereocenters. The standard InChI is InChI=1S/C14H20F3NO2/c1-3-19-11-6-7-13(20-4-2)12(10-11)18-9-5-8-14(15,16)17/h6-7,10,18H,3-5,8-9H2,1-2H3. The molecule has 1 N–H and O–H groups in total. The van der Waals surface area contributed by atoms with Gasteiger partial charge in [0.2, 0.25) is 0 Å². The molecule has 0 aliphatic heterocycles. The van der Waals surface area contributed by atoms with Crippen molar-refractivity contribution in [3.63, 3.8) is 0 Å². The van der Waals surface area contributed by atoms with Crippen LogP contribution in [0.3, 0.4) is 0 Å². The molecule has 0 aromatic heterocycles. The highest BCUT2D eigenvalue weighted by Crippen LogP contribution is 2.30. The molecular weight excluding hydrogens is 271 g/mol. The maximum Gasteiger partial charge on any atom is 0.389 e. The lowest BCUT2D eigenvalue weighted by Gasteiger charge is -2.14. The Kier molecular flexibility index (Phi) is 6.48. The quantitative estimate of drug-likeness (QED) is 0.727. The van der Waals surface area contributed by atoms with E-state index in [1.54, 1.807) is 18.2 Å². The van der Waals surface area contributed by atoms with Gasteiger partial charge < -0.3 is 14.8 Å². The highest BCUT2D eigenvalue weighted by atomic mass is 19.4. The summed E-state index contributed by atoms with van der Waals surface area (Å²) in [6, 6.07) is 5.26. The summed E-state index contributed by atoms with van der Waals surface area (Å²) in [4.78, 5) is 0. The van der Waals surface area contributed by atoms with E-state index in [1.165, 1.54) is 0 Å². The van der Waals surface area contributed by atoms with Gasteiger partial charge in [-0.2, -0.15) is 13.2 Å². The van der Waals surface area contributed by atoms with Crippen LogP contribution in [-0.2, 0) is 0 Å². The van der Waals surface area contributed by atoms with Crippen LogP contribution in [0.2, 0.25) is 0 Å². The van der Waals surface area contributed by atoms with E-state index in [0.29, 0.717) is 30.4 Å². The van der Waals surface area contributed by atoms with Gasteiger partial charge in [-0.25, -0.2) is 0 Å². The van der Waals surface area contributed by atoms with Crippen LogP contribution in [0.15, 0.2) is 18.2 Å². The summed E-state index contributed by atoms with van der Waals surface area (Å²) in [5.41, 5.74) is 0.653. The van der Waals surface area contributed by atoms with Gasteiger partial charge in [0, 0.05) is 19.0 Å². The summed E-state index contributed by atoms with van der Waals surface area (Å²) < 4.78 is 47.0. The predicted octanol–water partition coefficient (Wildman–Crippen LogP) is 4.24. The lowest BCUT2D eigenvalue weighted by atomic mass is 10.2. The molecule has 1 rings (SSSR count). The number of ether oxygens (including phenoxy) is 2. The second kappa shape index (κ2) is 7.87. The molecular formula is C14H20F3NO2. The fraction of sp³-hybridized carbons (Fsp3) is 0.571. The molecule has 20 heavy (non-hydrogen) atoms. The van der Waals surface area contributed by atoms with Crippen LogP contribution in [0.4, 0.5) is 18.9 Å². The van der Waals surface area contributed by atoms with Crippen LogP contribution in [0, 0.1) is 0 Å². The van der Waals surface area contributed by atoms with E-state index in [9.17, 15) is 13.2 Å². The Morgan fingerprint density at radius 1 is 1.10 bits per heavy atom. The Bertz CT molecular complexity index is 408. The summed E-state index contributed by atoms with van der Waals surface area (Å²) in [5.74, 6) is 1.28. The van der Waals surface area contributed by atoms with Crippen LogP contribution >= 0.6 is 0 Å². The smallest absolute Gasteiger partial charge is 0.389 e. The van der Waals surface area contributed by atoms with E-state index in [0.717, 1.165) is 0 Å². The molecule has 0 bridgehead atoms. The molecule has 0 amide bonds. The number of rotatable bonds is 8. The van der Waals surface area contributed by atoms with E-state index in [1.807, 2.05) is 13.8 Å². The van der Waals surface area contributed by atoms with Crippen LogP contribution in [0.1, 0.15) is 26.7 Å². The predicted molar refractivity (Wildman–Crippen MR) is 72.6 cm³/mol. The molecule has 0 fully saturated rings. The van der Waals surface area contributed by atoms with Crippen molar-refractivity contribution in [3.8, 4) is 11.5 Å². The third-order valence-corrected chi connectivity index (χ3v) is 2.51. The molecule has 0 spiro atoms. The van der Waals surface area contributed by atoms with Crippen LogP contribution in [0.25, 0.3) is 0 Å². The number of benzene rings is 1. The van der Waals surface area contributed by atoms with Gasteiger partial charge in [0.05, 0.1) is 18.9 Å². The van der Waals surface area contributed by atoms with Crippen LogP contribution in [-0.4, -0.2) is 25.9 Å². The maximum absolute atomic E-state index is 12.1. The second-order valence-corrected chi connectivity index (χ2v) is 4.17. The lowest BCUT2D eigenvalue weighted by Crippen LogP contribution is -2.11. The minimum atomic E-state index is -4.11. The van der Waals surface area contributed by atoms with E-state index < -0.39 is 12.6 Å². The highest BCUT2D eigenvalue weighted by Gasteiger charge is 2.25. The van der Waals surface area contributed by atoms with E-state index in [2.05, 4.69) is 5.32 Å². The zero-order valence-electron chi connectivity index (χ0n) is 11.7. The third-order valence-electron chi connectivity index (χ3n) is 2.51. The Morgan fingerprint density at radius 3 is 2.40 bits per heavy atom. The number of alkyl halides is 3. The van der Waals surface area contributed by atoms with Crippen molar-refractivity contribution < 1.29 is 22.6 Å². The molecule has 0 radical (unpaired) electrons. The first-order chi connectivity index (χ1) is 9.46. The molecule has 0 aliphatic carbocycles. The summed E-state index contributed by atoms with van der Waals surface area (Å²) >= 11 is 0. The molecule has 114 valence electrons. The van der Waals surface area contributed by atoms with Crippen molar-refractivity contribution in [2.45, 2.75) is 32.9 Å². The second-order valence-electron chi connectivity index (χ2n) is 4.17. The fourth-order valence-electron chi connectivity index (χ4n) is 1.70. The van der Waals surface area contributed by atoms with E-state index in [-0.39, 0.29) is 13.0 Å². The molecule has 0 saturated carbocycles. The van der Waals surface area contributed by atoms with Crippen molar-refractivity contribution in [3.05, 3.63) is 18.2 Å². The van der Waals surface area contributed by atoms with E-state index >= 15 is 0 Å². The molecule has 1 aromatic carbocycles. The van der Waals surface area contributed by atoms with Gasteiger partial charge in [-0.15, -0.1) is 0 Å². The zero-order valence-corrected chi connectivity index (χ0v) is 11.7. The number of halogens is 3. The van der Waals surface area contributed by atoms with Gasteiger partial charge in [-0.1, -0.05) is 0 Å². The summed E-state index contributed by atoms with van der Waals surface area (Å²) in [6.07, 6.45) is -4.89. The molecule has 1 aromatic rings. The van der Waals surface area contributed by atoms with Crippen LogP contribution in [0.5, 0.6) is 11.5 Å². The first-order valence-electron chi connectivity index (χ1n) is 6.66. The Labute approximate surface area is 117 Å². The van der Waals surface area contributed by atoms with Crippen molar-refractivity contribution in [2.24, 2.45) is 0 Å². The summed E-state index contributed by atoms with van der Waals surface area (Å²) in [6.45, 7) is 4.97. The number of hydrogen-bond donors (Lipinski definition) is 1. The minimum Gasteiger partial charge on any atom is -0.494 e. The molecule has 0 heterocycles.